The lowest BCUT2D eigenvalue weighted by molar-refractivity contribution is 0.170. The summed E-state index contributed by atoms with van der Waals surface area (Å²) in [5, 5.41) is 0. The van der Waals surface area contributed by atoms with Crippen LogP contribution in [0.1, 0.15) is 41.1 Å². The van der Waals surface area contributed by atoms with Crippen LogP contribution in [0.15, 0.2) is 6.07 Å². The molecule has 1 heterocycles. The van der Waals surface area contributed by atoms with Crippen molar-refractivity contribution in [1.29, 1.82) is 0 Å². The molecule has 1 aliphatic carbocycles. The summed E-state index contributed by atoms with van der Waals surface area (Å²) in [6, 6.07) is 2.61. The molecule has 0 saturated heterocycles. The molecule has 0 radical (unpaired) electrons. The van der Waals surface area contributed by atoms with Gasteiger partial charge in [0.1, 0.15) is 0 Å². The summed E-state index contributed by atoms with van der Waals surface area (Å²) in [5.74, 6) is 6.21. The predicted octanol–water partition coefficient (Wildman–Crippen LogP) is 2.41. The summed E-state index contributed by atoms with van der Waals surface area (Å²) in [7, 11) is 1.75. The van der Waals surface area contributed by atoms with Crippen molar-refractivity contribution in [3.8, 4) is 0 Å². The summed E-state index contributed by atoms with van der Waals surface area (Å²) in [4.78, 5) is 2.96. The molecule has 0 aromatic carbocycles. The molecule has 3 nitrogen and oxygen atoms in total. The van der Waals surface area contributed by atoms with Gasteiger partial charge in [0.2, 0.25) is 0 Å². The summed E-state index contributed by atoms with van der Waals surface area (Å²) >= 11 is 1.93. The van der Waals surface area contributed by atoms with E-state index in [2.05, 4.69) is 18.4 Å². The maximum absolute atomic E-state index is 5.71. The van der Waals surface area contributed by atoms with Gasteiger partial charge in [-0.1, -0.05) is 6.92 Å². The van der Waals surface area contributed by atoms with Gasteiger partial charge >= 0.3 is 0 Å². The molecule has 0 saturated carbocycles. The van der Waals surface area contributed by atoms with Crippen molar-refractivity contribution in [2.75, 3.05) is 13.7 Å². The molecule has 0 aliphatic heterocycles. The van der Waals surface area contributed by atoms with Crippen molar-refractivity contribution in [2.24, 2.45) is 11.8 Å². The van der Waals surface area contributed by atoms with E-state index in [9.17, 15) is 0 Å². The molecule has 3 N–H and O–H groups in total. The van der Waals surface area contributed by atoms with Gasteiger partial charge in [0, 0.05) is 23.5 Å². The Morgan fingerprint density at radius 1 is 1.53 bits per heavy atom. The molecule has 96 valence electrons. The number of nitrogens with two attached hydrogens (primary N) is 1. The Hall–Kier alpha value is -0.420. The molecular formula is C13H22N2OS. The fourth-order valence-corrected chi connectivity index (χ4v) is 3.95. The maximum Gasteiger partial charge on any atom is 0.0579 e. The number of ether oxygens (including phenoxy) is 1. The number of rotatable bonds is 6. The summed E-state index contributed by atoms with van der Waals surface area (Å²) < 4.78 is 5.14. The Balaban J connectivity index is 2.06. The van der Waals surface area contributed by atoms with E-state index in [1.165, 1.54) is 24.1 Å². The predicted molar refractivity (Wildman–Crippen MR) is 72.1 cm³/mol. The van der Waals surface area contributed by atoms with Gasteiger partial charge in [-0.2, -0.15) is 0 Å². The number of fused-ring (bicyclic) bond motifs is 1. The zero-order chi connectivity index (χ0) is 12.3. The van der Waals surface area contributed by atoms with Crippen molar-refractivity contribution in [1.82, 2.24) is 5.43 Å². The molecule has 4 heteroatoms. The van der Waals surface area contributed by atoms with E-state index in [4.69, 9.17) is 10.6 Å². The third-order valence-electron chi connectivity index (χ3n) is 3.60. The minimum atomic E-state index is 0.265. The Labute approximate surface area is 107 Å². The number of thiophene rings is 1. The zero-order valence-electron chi connectivity index (χ0n) is 10.7. The minimum Gasteiger partial charge on any atom is -0.385 e. The lowest BCUT2D eigenvalue weighted by atomic mass is 9.97. The number of hydrazine groups is 1. The average molecular weight is 254 g/mol. The molecule has 2 atom stereocenters. The maximum atomic E-state index is 5.71. The molecule has 0 bridgehead atoms. The fourth-order valence-electron chi connectivity index (χ4n) is 2.50. The molecule has 17 heavy (non-hydrogen) atoms. The third kappa shape index (κ3) is 2.88. The quantitative estimate of drug-likeness (QED) is 0.605. The number of aryl methyl sites for hydroxylation is 2. The first-order chi connectivity index (χ1) is 8.26. The fraction of sp³-hybridized carbons (Fsp3) is 0.692. The second-order valence-corrected chi connectivity index (χ2v) is 6.02. The Kier molecular flexibility index (Phi) is 4.56. The first-order valence-corrected chi connectivity index (χ1v) is 7.14. The van der Waals surface area contributed by atoms with Crippen LogP contribution in [0.25, 0.3) is 0 Å². The van der Waals surface area contributed by atoms with E-state index >= 15 is 0 Å². The van der Waals surface area contributed by atoms with Crippen LogP contribution in [0.3, 0.4) is 0 Å². The van der Waals surface area contributed by atoms with E-state index in [-0.39, 0.29) is 6.04 Å². The van der Waals surface area contributed by atoms with E-state index in [1.54, 1.807) is 17.6 Å². The molecule has 0 spiro atoms. The second-order valence-electron chi connectivity index (χ2n) is 4.85. The smallest absolute Gasteiger partial charge is 0.0579 e. The van der Waals surface area contributed by atoms with Crippen molar-refractivity contribution >= 4 is 11.3 Å². The normalized spacial score (nSPS) is 18.1. The summed E-state index contributed by atoms with van der Waals surface area (Å²) in [5.41, 5.74) is 4.52. The van der Waals surface area contributed by atoms with Gasteiger partial charge in [-0.05, 0) is 43.2 Å². The van der Waals surface area contributed by atoms with Gasteiger partial charge < -0.3 is 4.74 Å². The van der Waals surface area contributed by atoms with E-state index in [0.29, 0.717) is 5.92 Å². The molecule has 0 amide bonds. The third-order valence-corrected chi connectivity index (χ3v) is 4.92. The summed E-state index contributed by atoms with van der Waals surface area (Å²) in [6.07, 6.45) is 4.86. The summed E-state index contributed by atoms with van der Waals surface area (Å²) in [6.45, 7) is 3.03. The van der Waals surface area contributed by atoms with E-state index < -0.39 is 0 Å². The van der Waals surface area contributed by atoms with Crippen LogP contribution in [0.4, 0.5) is 0 Å². The van der Waals surface area contributed by atoms with Crippen LogP contribution in [-0.2, 0) is 17.6 Å². The minimum absolute atomic E-state index is 0.265. The van der Waals surface area contributed by atoms with Crippen molar-refractivity contribution in [3.63, 3.8) is 0 Å². The highest BCUT2D eigenvalue weighted by Crippen LogP contribution is 2.36. The molecule has 1 aromatic heterocycles. The lowest BCUT2D eigenvalue weighted by Crippen LogP contribution is -2.32. The van der Waals surface area contributed by atoms with Crippen molar-refractivity contribution in [3.05, 3.63) is 21.4 Å². The first-order valence-electron chi connectivity index (χ1n) is 6.32. The Morgan fingerprint density at radius 2 is 2.35 bits per heavy atom. The zero-order valence-corrected chi connectivity index (χ0v) is 11.5. The largest absolute Gasteiger partial charge is 0.385 e. The Morgan fingerprint density at radius 3 is 3.00 bits per heavy atom. The van der Waals surface area contributed by atoms with Gasteiger partial charge in [0.25, 0.3) is 0 Å². The molecule has 2 rings (SSSR count). The van der Waals surface area contributed by atoms with E-state index in [1.807, 2.05) is 11.3 Å². The van der Waals surface area contributed by atoms with Gasteiger partial charge in [0.05, 0.1) is 6.04 Å². The number of nitrogens with one attached hydrogen (secondary N) is 1. The first kappa shape index (κ1) is 13.0. The van der Waals surface area contributed by atoms with Crippen molar-refractivity contribution < 1.29 is 4.74 Å². The highest BCUT2D eigenvalue weighted by molar-refractivity contribution is 7.12. The van der Waals surface area contributed by atoms with Gasteiger partial charge in [-0.25, -0.2) is 0 Å². The van der Waals surface area contributed by atoms with Crippen LogP contribution in [0.2, 0.25) is 0 Å². The van der Waals surface area contributed by atoms with E-state index in [0.717, 1.165) is 13.0 Å². The van der Waals surface area contributed by atoms with Crippen LogP contribution in [0.5, 0.6) is 0 Å². The lowest BCUT2D eigenvalue weighted by Gasteiger charge is -2.22. The van der Waals surface area contributed by atoms with Crippen molar-refractivity contribution in [2.45, 2.75) is 38.6 Å². The highest BCUT2D eigenvalue weighted by atomic mass is 32.1. The molecule has 1 aliphatic rings. The Bertz CT molecular complexity index is 343. The number of hydrogen-bond donors (Lipinski definition) is 2. The highest BCUT2D eigenvalue weighted by Gasteiger charge is 2.23. The molecular weight excluding hydrogens is 232 g/mol. The van der Waals surface area contributed by atoms with Gasteiger partial charge in [0.15, 0.2) is 0 Å². The van der Waals surface area contributed by atoms with Crippen LogP contribution in [-0.4, -0.2) is 13.7 Å². The SMILES string of the molecule is COCCC(C)C(NN)c1cc2c(s1)CCC2. The van der Waals surface area contributed by atoms with Crippen LogP contribution in [0, 0.1) is 5.92 Å². The topological polar surface area (TPSA) is 47.3 Å². The molecule has 1 aromatic rings. The van der Waals surface area contributed by atoms with Crippen LogP contribution < -0.4 is 11.3 Å². The molecule has 0 fully saturated rings. The number of methoxy groups -OCH3 is 1. The second kappa shape index (κ2) is 5.96. The van der Waals surface area contributed by atoms with Gasteiger partial charge in [-0.3, -0.25) is 11.3 Å². The van der Waals surface area contributed by atoms with Gasteiger partial charge in [-0.15, -0.1) is 11.3 Å². The molecule has 2 unspecified atom stereocenters. The average Bonchev–Trinajstić information content (AvgIpc) is 2.88. The monoisotopic (exact) mass is 254 g/mol. The number of hydrogen-bond acceptors (Lipinski definition) is 4. The standard InChI is InChI=1S/C13H22N2OS/c1-9(6-7-16-2)13(15-14)12-8-10-4-3-5-11(10)17-12/h8-9,13,15H,3-7,14H2,1-2H3. The van der Waals surface area contributed by atoms with Crippen LogP contribution >= 0.6 is 11.3 Å².